The monoisotopic (exact) mass is 426 g/mol. The first-order valence-electron chi connectivity index (χ1n) is 11.9. The number of nitrogens with one attached hydrogen (secondary N) is 1. The minimum Gasteiger partial charge on any atom is -0.493 e. The molecule has 4 aliphatic rings. The summed E-state index contributed by atoms with van der Waals surface area (Å²) in [5.41, 5.74) is 4.46. The Morgan fingerprint density at radius 2 is 1.94 bits per heavy atom. The van der Waals surface area contributed by atoms with Crippen LogP contribution in [-0.2, 0) is 22.5 Å². The van der Waals surface area contributed by atoms with Gasteiger partial charge < -0.3 is 19.1 Å². The summed E-state index contributed by atoms with van der Waals surface area (Å²) >= 11 is 0. The lowest BCUT2D eigenvalue weighted by Gasteiger charge is -2.46. The van der Waals surface area contributed by atoms with Crippen molar-refractivity contribution in [3.05, 3.63) is 34.9 Å². The van der Waals surface area contributed by atoms with Gasteiger partial charge in [-0.3, -0.25) is 4.79 Å². The summed E-state index contributed by atoms with van der Waals surface area (Å²) in [6, 6.07) is 4.22. The number of hydrogen-bond acceptors (Lipinski definition) is 4. The molecule has 0 aromatic heterocycles. The Morgan fingerprint density at radius 3 is 2.68 bits per heavy atom. The molecule has 2 fully saturated rings. The van der Waals surface area contributed by atoms with E-state index in [0.29, 0.717) is 5.92 Å². The van der Waals surface area contributed by atoms with Crippen LogP contribution >= 0.6 is 0 Å². The van der Waals surface area contributed by atoms with Gasteiger partial charge in [0.05, 0.1) is 27.3 Å². The van der Waals surface area contributed by atoms with Crippen LogP contribution in [0.4, 0.5) is 0 Å². The number of carbonyl (C=O) groups excluding carboxylic acids is 1. The summed E-state index contributed by atoms with van der Waals surface area (Å²) in [6.45, 7) is 7.56. The molecule has 2 heterocycles. The minimum absolute atomic E-state index is 0.0205. The lowest BCUT2D eigenvalue weighted by atomic mass is 9.59. The summed E-state index contributed by atoms with van der Waals surface area (Å²) in [4.78, 5) is 14.4. The smallest absolute Gasteiger partial charge is 0.315 e. The molecule has 1 N–H and O–H groups in total. The Hall–Kier alpha value is -2.01. The van der Waals surface area contributed by atoms with Crippen molar-refractivity contribution in [2.75, 3.05) is 27.3 Å². The molecule has 5 rings (SSSR count). The topological polar surface area (TPSA) is 49.2 Å². The third-order valence-electron chi connectivity index (χ3n) is 8.48. The molecule has 2 aliphatic carbocycles. The molecular formula is C26H36NO4+. The average Bonchev–Trinajstić information content (AvgIpc) is 3.04. The van der Waals surface area contributed by atoms with Gasteiger partial charge in [-0.25, -0.2) is 0 Å². The third kappa shape index (κ3) is 3.55. The van der Waals surface area contributed by atoms with Crippen LogP contribution in [0.2, 0.25) is 0 Å². The van der Waals surface area contributed by atoms with Gasteiger partial charge in [0, 0.05) is 17.9 Å². The standard InChI is InChI=1S/C26H35NO4/c1-16-6-5-8-26(2)13-24-19(12-21(16)26)20(25(28)31-24)15-27-9-7-17-10-22(29-3)23(30-4)11-18(17)14-27/h10-12,16,19-20,24H,5-9,13-15H2,1-4H3/p+1/t16-,19+,20+,24+,26+/m0/s1. The van der Waals surface area contributed by atoms with Gasteiger partial charge in [-0.15, -0.1) is 0 Å². The van der Waals surface area contributed by atoms with Crippen molar-refractivity contribution < 1.29 is 23.9 Å². The largest absolute Gasteiger partial charge is 0.493 e. The molecule has 0 bridgehead atoms. The Kier molecular flexibility index (Phi) is 5.28. The van der Waals surface area contributed by atoms with E-state index < -0.39 is 0 Å². The maximum Gasteiger partial charge on any atom is 0.315 e. The number of rotatable bonds is 4. The van der Waals surface area contributed by atoms with Crippen LogP contribution < -0.4 is 14.4 Å². The molecule has 0 amide bonds. The highest BCUT2D eigenvalue weighted by atomic mass is 16.6. The van der Waals surface area contributed by atoms with Gasteiger partial charge >= 0.3 is 5.97 Å². The second-order valence-corrected chi connectivity index (χ2v) is 10.4. The normalized spacial score (nSPS) is 36.6. The highest BCUT2D eigenvalue weighted by Gasteiger charge is 2.52. The maximum atomic E-state index is 12.9. The van der Waals surface area contributed by atoms with E-state index >= 15 is 0 Å². The summed E-state index contributed by atoms with van der Waals surface area (Å²) in [6.07, 6.45) is 8.33. The molecule has 1 saturated heterocycles. The number of allylic oxidation sites excluding steroid dienone is 1. The first kappa shape index (κ1) is 20.9. The Morgan fingerprint density at radius 1 is 1.19 bits per heavy atom. The quantitative estimate of drug-likeness (QED) is 0.594. The molecule has 5 heteroatoms. The lowest BCUT2D eigenvalue weighted by molar-refractivity contribution is -0.918. The van der Waals surface area contributed by atoms with E-state index in [1.807, 2.05) is 0 Å². The van der Waals surface area contributed by atoms with E-state index in [-0.39, 0.29) is 29.3 Å². The van der Waals surface area contributed by atoms with E-state index in [2.05, 4.69) is 32.1 Å². The number of fused-ring (bicyclic) bond motifs is 3. The van der Waals surface area contributed by atoms with Crippen LogP contribution in [0.1, 0.15) is 50.7 Å². The number of quaternary nitrogens is 1. The zero-order chi connectivity index (χ0) is 21.8. The summed E-state index contributed by atoms with van der Waals surface area (Å²) in [5, 5.41) is 0. The second-order valence-electron chi connectivity index (χ2n) is 10.4. The van der Waals surface area contributed by atoms with E-state index in [1.165, 1.54) is 35.3 Å². The lowest BCUT2D eigenvalue weighted by Crippen LogP contribution is -3.12. The molecule has 2 aliphatic heterocycles. The first-order valence-corrected chi connectivity index (χ1v) is 11.9. The fourth-order valence-electron chi connectivity index (χ4n) is 6.80. The fourth-order valence-corrected chi connectivity index (χ4v) is 6.80. The van der Waals surface area contributed by atoms with Crippen LogP contribution in [-0.4, -0.2) is 39.4 Å². The Bertz CT molecular complexity index is 909. The average molecular weight is 427 g/mol. The Labute approximate surface area is 185 Å². The third-order valence-corrected chi connectivity index (χ3v) is 8.48. The molecule has 1 aromatic carbocycles. The van der Waals surface area contributed by atoms with Crippen molar-refractivity contribution in [3.63, 3.8) is 0 Å². The number of benzene rings is 1. The molecule has 1 unspecified atom stereocenters. The van der Waals surface area contributed by atoms with Crippen molar-refractivity contribution in [3.8, 4) is 11.5 Å². The Balaban J connectivity index is 1.35. The summed E-state index contributed by atoms with van der Waals surface area (Å²) < 4.78 is 17.0. The number of methoxy groups -OCH3 is 2. The zero-order valence-electron chi connectivity index (χ0n) is 19.3. The summed E-state index contributed by atoms with van der Waals surface area (Å²) in [5.74, 6) is 2.46. The van der Waals surface area contributed by atoms with Gasteiger partial charge in [-0.1, -0.05) is 31.9 Å². The molecule has 5 nitrogen and oxygen atoms in total. The number of carbonyl (C=O) groups is 1. The molecule has 6 atom stereocenters. The highest BCUT2D eigenvalue weighted by molar-refractivity contribution is 5.76. The van der Waals surface area contributed by atoms with Crippen molar-refractivity contribution in [1.82, 2.24) is 0 Å². The number of ether oxygens (including phenoxy) is 3. The van der Waals surface area contributed by atoms with Crippen molar-refractivity contribution in [1.29, 1.82) is 0 Å². The number of hydrogen-bond donors (Lipinski definition) is 1. The van der Waals surface area contributed by atoms with Gasteiger partial charge in [0.25, 0.3) is 0 Å². The summed E-state index contributed by atoms with van der Waals surface area (Å²) in [7, 11) is 3.37. The van der Waals surface area contributed by atoms with Crippen molar-refractivity contribution >= 4 is 5.97 Å². The molecular weight excluding hydrogens is 390 g/mol. The minimum atomic E-state index is -0.0205. The number of esters is 1. The SMILES string of the molecule is COc1cc2c(cc1OC)C[NH+](C[C@H]1C(=O)O[C@@H]3C[C@@]4(C)CCC[C@H](C)C4=C[C@@H]31)CC2. The van der Waals surface area contributed by atoms with Crippen molar-refractivity contribution in [2.24, 2.45) is 23.2 Å². The second kappa shape index (κ2) is 7.84. The molecule has 1 saturated carbocycles. The van der Waals surface area contributed by atoms with Crippen LogP contribution in [0.3, 0.4) is 0 Å². The fraction of sp³-hybridized carbons (Fsp3) is 0.654. The van der Waals surface area contributed by atoms with Crippen LogP contribution in [0.25, 0.3) is 0 Å². The van der Waals surface area contributed by atoms with Gasteiger partial charge in [-0.05, 0) is 48.3 Å². The van der Waals surface area contributed by atoms with Crippen LogP contribution in [0.5, 0.6) is 11.5 Å². The molecule has 0 spiro atoms. The van der Waals surface area contributed by atoms with Crippen LogP contribution in [0.15, 0.2) is 23.8 Å². The molecule has 168 valence electrons. The molecule has 31 heavy (non-hydrogen) atoms. The van der Waals surface area contributed by atoms with Gasteiger partial charge in [-0.2, -0.15) is 0 Å². The van der Waals surface area contributed by atoms with E-state index in [4.69, 9.17) is 14.2 Å². The van der Waals surface area contributed by atoms with E-state index in [0.717, 1.165) is 44.0 Å². The van der Waals surface area contributed by atoms with Crippen LogP contribution in [0, 0.1) is 23.2 Å². The highest BCUT2D eigenvalue weighted by Crippen LogP contribution is 2.53. The van der Waals surface area contributed by atoms with Gasteiger partial charge in [0.1, 0.15) is 18.6 Å². The molecule has 1 aromatic rings. The predicted octanol–water partition coefficient (Wildman–Crippen LogP) is 2.96. The van der Waals surface area contributed by atoms with Gasteiger partial charge in [0.2, 0.25) is 0 Å². The van der Waals surface area contributed by atoms with Gasteiger partial charge in [0.15, 0.2) is 11.5 Å². The van der Waals surface area contributed by atoms with E-state index in [1.54, 1.807) is 19.8 Å². The molecule has 0 radical (unpaired) electrons. The first-order chi connectivity index (χ1) is 14.9. The van der Waals surface area contributed by atoms with E-state index in [9.17, 15) is 4.79 Å². The zero-order valence-corrected chi connectivity index (χ0v) is 19.3. The maximum absolute atomic E-state index is 12.9. The van der Waals surface area contributed by atoms with Crippen molar-refractivity contribution in [2.45, 2.75) is 58.6 Å². The predicted molar refractivity (Wildman–Crippen MR) is 118 cm³/mol.